The lowest BCUT2D eigenvalue weighted by Gasteiger charge is -2.13. The molecular weight excluding hydrogens is 269 g/mol. The Labute approximate surface area is 123 Å². The molecule has 0 aliphatic rings. The molecule has 0 aromatic heterocycles. The lowest BCUT2D eigenvalue weighted by Crippen LogP contribution is -2.09. The van der Waals surface area contributed by atoms with Gasteiger partial charge in [-0.05, 0) is 43.2 Å². The third-order valence-electron chi connectivity index (χ3n) is 3.36. The van der Waals surface area contributed by atoms with Gasteiger partial charge in [-0.15, -0.1) is 0 Å². The molecule has 0 saturated carbocycles. The monoisotopic (exact) mass is 287 g/mol. The minimum atomic E-state index is -0.557. The molecule has 0 aliphatic carbocycles. The van der Waals surface area contributed by atoms with E-state index in [9.17, 15) is 9.18 Å². The maximum Gasteiger partial charge on any atom is 0.340 e. The first-order chi connectivity index (χ1) is 10.0. The van der Waals surface area contributed by atoms with E-state index in [4.69, 9.17) is 0 Å². The number of halogens is 1. The number of carbonyl (C=O) groups excluding carboxylic acids is 1. The molecule has 0 bridgehead atoms. The van der Waals surface area contributed by atoms with Crippen LogP contribution in [-0.2, 0) is 11.3 Å². The molecule has 0 saturated heterocycles. The number of esters is 1. The smallest absolute Gasteiger partial charge is 0.340 e. The van der Waals surface area contributed by atoms with Crippen LogP contribution in [0.4, 0.5) is 10.1 Å². The van der Waals surface area contributed by atoms with Crippen LogP contribution in [0, 0.1) is 19.7 Å². The molecule has 0 heterocycles. The van der Waals surface area contributed by atoms with Crippen LogP contribution >= 0.6 is 0 Å². The summed E-state index contributed by atoms with van der Waals surface area (Å²) in [5.41, 5.74) is 4.22. The van der Waals surface area contributed by atoms with Crippen molar-refractivity contribution in [1.82, 2.24) is 0 Å². The van der Waals surface area contributed by atoms with Gasteiger partial charge in [-0.3, -0.25) is 0 Å². The molecular formula is C17H18FNO2. The van der Waals surface area contributed by atoms with Gasteiger partial charge in [-0.1, -0.05) is 23.8 Å². The number of hydrogen-bond donors (Lipinski definition) is 1. The highest BCUT2D eigenvalue weighted by Crippen LogP contribution is 2.20. The first-order valence-electron chi connectivity index (χ1n) is 6.69. The maximum atomic E-state index is 13.3. The summed E-state index contributed by atoms with van der Waals surface area (Å²) in [7, 11) is 1.28. The minimum absolute atomic E-state index is 0.197. The van der Waals surface area contributed by atoms with Gasteiger partial charge in [0.1, 0.15) is 5.82 Å². The number of carbonyl (C=O) groups is 1. The van der Waals surface area contributed by atoms with Gasteiger partial charge in [0.2, 0.25) is 0 Å². The van der Waals surface area contributed by atoms with Crippen molar-refractivity contribution in [2.75, 3.05) is 12.4 Å². The summed E-state index contributed by atoms with van der Waals surface area (Å²) >= 11 is 0. The molecule has 0 atom stereocenters. The number of methoxy groups -OCH3 is 1. The van der Waals surface area contributed by atoms with Crippen molar-refractivity contribution >= 4 is 11.7 Å². The van der Waals surface area contributed by atoms with E-state index in [-0.39, 0.29) is 5.56 Å². The van der Waals surface area contributed by atoms with Crippen LogP contribution in [0.25, 0.3) is 0 Å². The van der Waals surface area contributed by atoms with Gasteiger partial charge in [0.05, 0.1) is 12.7 Å². The molecule has 0 unspecified atom stereocenters. The Morgan fingerprint density at radius 1 is 1.19 bits per heavy atom. The molecule has 4 heteroatoms. The van der Waals surface area contributed by atoms with Crippen LogP contribution in [0.1, 0.15) is 27.0 Å². The molecule has 2 rings (SSSR count). The number of nitrogens with one attached hydrogen (secondary N) is 1. The average molecular weight is 287 g/mol. The lowest BCUT2D eigenvalue weighted by molar-refractivity contribution is 0.0601. The first kappa shape index (κ1) is 15.0. The Morgan fingerprint density at radius 3 is 2.67 bits per heavy atom. The van der Waals surface area contributed by atoms with E-state index < -0.39 is 11.8 Å². The highest BCUT2D eigenvalue weighted by Gasteiger charge is 2.13. The van der Waals surface area contributed by atoms with Crippen molar-refractivity contribution in [3.63, 3.8) is 0 Å². The summed E-state index contributed by atoms with van der Waals surface area (Å²) in [6, 6.07) is 10.2. The predicted molar refractivity (Wildman–Crippen MR) is 81.0 cm³/mol. The summed E-state index contributed by atoms with van der Waals surface area (Å²) < 4.78 is 18.0. The molecule has 0 amide bonds. The van der Waals surface area contributed by atoms with Gasteiger partial charge in [0.15, 0.2) is 0 Å². The second-order valence-corrected chi connectivity index (χ2v) is 4.96. The summed E-state index contributed by atoms with van der Waals surface area (Å²) in [5, 5.41) is 3.17. The summed E-state index contributed by atoms with van der Waals surface area (Å²) in [5.74, 6) is -1.02. The molecule has 2 aromatic rings. The SMILES string of the molecule is COC(=O)c1cc(F)ccc1NCc1cc(C)ccc1C. The third kappa shape index (κ3) is 3.60. The zero-order chi connectivity index (χ0) is 15.4. The molecule has 3 nitrogen and oxygen atoms in total. The summed E-state index contributed by atoms with van der Waals surface area (Å²) in [4.78, 5) is 11.7. The van der Waals surface area contributed by atoms with Crippen molar-refractivity contribution in [2.45, 2.75) is 20.4 Å². The number of anilines is 1. The van der Waals surface area contributed by atoms with Crippen molar-refractivity contribution in [2.24, 2.45) is 0 Å². The van der Waals surface area contributed by atoms with Crippen LogP contribution in [0.2, 0.25) is 0 Å². The predicted octanol–water partition coefficient (Wildman–Crippen LogP) is 3.84. The highest BCUT2D eigenvalue weighted by molar-refractivity contribution is 5.95. The zero-order valence-corrected chi connectivity index (χ0v) is 12.4. The topological polar surface area (TPSA) is 38.3 Å². The number of rotatable bonds is 4. The molecule has 0 spiro atoms. The van der Waals surface area contributed by atoms with Crippen LogP contribution in [-0.4, -0.2) is 13.1 Å². The van der Waals surface area contributed by atoms with Crippen LogP contribution < -0.4 is 5.32 Å². The Bertz CT molecular complexity index is 668. The molecule has 1 N–H and O–H groups in total. The minimum Gasteiger partial charge on any atom is -0.465 e. The van der Waals surface area contributed by atoms with Gasteiger partial charge in [-0.25, -0.2) is 9.18 Å². The van der Waals surface area contributed by atoms with Gasteiger partial charge in [0.25, 0.3) is 0 Å². The van der Waals surface area contributed by atoms with Gasteiger partial charge >= 0.3 is 5.97 Å². The lowest BCUT2D eigenvalue weighted by atomic mass is 10.1. The molecule has 110 valence electrons. The fraction of sp³-hybridized carbons (Fsp3) is 0.235. The zero-order valence-electron chi connectivity index (χ0n) is 12.4. The molecule has 0 radical (unpaired) electrons. The van der Waals surface area contributed by atoms with Gasteiger partial charge < -0.3 is 10.1 Å². The number of aryl methyl sites for hydroxylation is 2. The van der Waals surface area contributed by atoms with Crippen molar-refractivity contribution < 1.29 is 13.9 Å². The van der Waals surface area contributed by atoms with Crippen LogP contribution in [0.15, 0.2) is 36.4 Å². The quantitative estimate of drug-likeness (QED) is 0.868. The standard InChI is InChI=1S/C17H18FNO2/c1-11-4-5-12(2)13(8-11)10-19-16-7-6-14(18)9-15(16)17(20)21-3/h4-9,19H,10H2,1-3H3. The Balaban J connectivity index is 2.24. The van der Waals surface area contributed by atoms with E-state index >= 15 is 0 Å². The van der Waals surface area contributed by atoms with E-state index in [0.29, 0.717) is 12.2 Å². The fourth-order valence-electron chi connectivity index (χ4n) is 2.13. The Kier molecular flexibility index (Phi) is 4.58. The van der Waals surface area contributed by atoms with E-state index in [1.54, 1.807) is 6.07 Å². The van der Waals surface area contributed by atoms with Gasteiger partial charge in [-0.2, -0.15) is 0 Å². The second-order valence-electron chi connectivity index (χ2n) is 4.96. The summed E-state index contributed by atoms with van der Waals surface area (Å²) in [6.07, 6.45) is 0. The molecule has 0 fully saturated rings. The maximum absolute atomic E-state index is 13.3. The molecule has 21 heavy (non-hydrogen) atoms. The number of hydrogen-bond acceptors (Lipinski definition) is 3. The number of benzene rings is 2. The van der Waals surface area contributed by atoms with Gasteiger partial charge in [0, 0.05) is 12.2 Å². The summed E-state index contributed by atoms with van der Waals surface area (Å²) in [6.45, 7) is 4.62. The van der Waals surface area contributed by atoms with Crippen molar-refractivity contribution in [3.05, 3.63) is 64.5 Å². The average Bonchev–Trinajstić information content (AvgIpc) is 2.48. The number of ether oxygens (including phenoxy) is 1. The second kappa shape index (κ2) is 6.39. The Hall–Kier alpha value is -2.36. The van der Waals surface area contributed by atoms with Crippen molar-refractivity contribution in [1.29, 1.82) is 0 Å². The van der Waals surface area contributed by atoms with E-state index in [2.05, 4.69) is 28.3 Å². The van der Waals surface area contributed by atoms with E-state index in [1.165, 1.54) is 24.8 Å². The van der Waals surface area contributed by atoms with Crippen molar-refractivity contribution in [3.8, 4) is 0 Å². The van der Waals surface area contributed by atoms with E-state index in [0.717, 1.165) is 11.1 Å². The van der Waals surface area contributed by atoms with Crippen LogP contribution in [0.3, 0.4) is 0 Å². The first-order valence-corrected chi connectivity index (χ1v) is 6.69. The Morgan fingerprint density at radius 2 is 1.95 bits per heavy atom. The third-order valence-corrected chi connectivity index (χ3v) is 3.36. The molecule has 2 aromatic carbocycles. The normalized spacial score (nSPS) is 10.3. The largest absolute Gasteiger partial charge is 0.465 e. The fourth-order valence-corrected chi connectivity index (χ4v) is 2.13. The molecule has 0 aliphatic heterocycles. The van der Waals surface area contributed by atoms with Crippen LogP contribution in [0.5, 0.6) is 0 Å². The highest BCUT2D eigenvalue weighted by atomic mass is 19.1. The van der Waals surface area contributed by atoms with E-state index in [1.807, 2.05) is 13.8 Å².